The van der Waals surface area contributed by atoms with Crippen LogP contribution in [-0.2, 0) is 11.2 Å². The number of halogens is 2. The third kappa shape index (κ3) is 3.50. The monoisotopic (exact) mass is 375 g/mol. The molecular formula is C18H15F2N3O2S. The number of fused-ring (bicyclic) bond motifs is 2. The van der Waals surface area contributed by atoms with Crippen LogP contribution >= 0.6 is 11.8 Å². The van der Waals surface area contributed by atoms with E-state index < -0.39 is 6.61 Å². The van der Waals surface area contributed by atoms with E-state index in [0.717, 1.165) is 17.7 Å². The van der Waals surface area contributed by atoms with Gasteiger partial charge in [0.1, 0.15) is 5.75 Å². The zero-order valence-electron chi connectivity index (χ0n) is 13.5. The van der Waals surface area contributed by atoms with Crippen molar-refractivity contribution in [2.45, 2.75) is 29.9 Å². The number of para-hydroxylation sites is 1. The lowest BCUT2D eigenvalue weighted by molar-refractivity contribution is -0.115. The maximum Gasteiger partial charge on any atom is 0.387 e. The predicted octanol–water partition coefficient (Wildman–Crippen LogP) is 4.21. The minimum atomic E-state index is -2.87. The van der Waals surface area contributed by atoms with Crippen LogP contribution in [-0.4, -0.2) is 27.7 Å². The molecule has 0 saturated carbocycles. The van der Waals surface area contributed by atoms with E-state index in [1.165, 1.54) is 23.9 Å². The Morgan fingerprint density at radius 1 is 1.23 bits per heavy atom. The standard InChI is InChI=1S/C18H15F2N3O2S/c19-17(20)25-11-6-7-13-14(9-11)23-18(22-13)26-15-8-5-10-3-1-2-4-12(10)21-16(15)24/h1-4,6-7,9,15,17H,5,8H2,(H,21,24)(H,22,23)/t15-/m0/s1. The molecule has 8 heteroatoms. The summed E-state index contributed by atoms with van der Waals surface area (Å²) in [6.45, 7) is -2.87. The first-order valence-electron chi connectivity index (χ1n) is 8.08. The highest BCUT2D eigenvalue weighted by molar-refractivity contribution is 8.00. The highest BCUT2D eigenvalue weighted by atomic mass is 32.2. The fourth-order valence-corrected chi connectivity index (χ4v) is 3.93. The summed E-state index contributed by atoms with van der Waals surface area (Å²) in [5, 5.41) is 3.23. The number of hydrogen-bond donors (Lipinski definition) is 2. The molecule has 5 nitrogen and oxygen atoms in total. The van der Waals surface area contributed by atoms with Gasteiger partial charge < -0.3 is 15.0 Å². The average molecular weight is 375 g/mol. The van der Waals surface area contributed by atoms with Crippen LogP contribution in [0, 0.1) is 0 Å². The molecule has 3 aromatic rings. The van der Waals surface area contributed by atoms with Gasteiger partial charge in [0.15, 0.2) is 5.16 Å². The minimum absolute atomic E-state index is 0.0651. The van der Waals surface area contributed by atoms with E-state index in [0.29, 0.717) is 22.6 Å². The number of nitrogens with one attached hydrogen (secondary N) is 2. The number of carbonyl (C=O) groups excluding carboxylic acids is 1. The Labute approximate surface area is 152 Å². The number of anilines is 1. The molecule has 0 spiro atoms. The lowest BCUT2D eigenvalue weighted by atomic mass is 10.1. The number of aryl methyl sites for hydroxylation is 1. The number of H-pyrrole nitrogens is 1. The van der Waals surface area contributed by atoms with Gasteiger partial charge in [-0.1, -0.05) is 30.0 Å². The fraction of sp³-hybridized carbons (Fsp3) is 0.222. The number of hydrogen-bond acceptors (Lipinski definition) is 4. The van der Waals surface area contributed by atoms with Crippen LogP contribution in [0.2, 0.25) is 0 Å². The number of alkyl halides is 2. The SMILES string of the molecule is O=C1Nc2ccccc2CC[C@@H]1Sc1nc2ccc(OC(F)F)cc2[nH]1. The molecule has 2 heterocycles. The molecule has 2 aromatic carbocycles. The molecule has 134 valence electrons. The van der Waals surface area contributed by atoms with Crippen molar-refractivity contribution < 1.29 is 18.3 Å². The second-order valence-electron chi connectivity index (χ2n) is 5.89. The lowest BCUT2D eigenvalue weighted by Gasteiger charge is -2.10. The summed E-state index contributed by atoms with van der Waals surface area (Å²) in [4.78, 5) is 20.0. The van der Waals surface area contributed by atoms with Crippen molar-refractivity contribution in [1.29, 1.82) is 0 Å². The number of thioether (sulfide) groups is 1. The van der Waals surface area contributed by atoms with Crippen molar-refractivity contribution in [2.75, 3.05) is 5.32 Å². The fourth-order valence-electron chi connectivity index (χ4n) is 2.94. The number of rotatable bonds is 4. The molecule has 1 atom stereocenters. The van der Waals surface area contributed by atoms with Crippen molar-refractivity contribution in [3.8, 4) is 5.75 Å². The summed E-state index contributed by atoms with van der Waals surface area (Å²) in [6, 6.07) is 12.3. The maximum atomic E-state index is 12.5. The van der Waals surface area contributed by atoms with Gasteiger partial charge in [0.05, 0.1) is 16.3 Å². The molecule has 0 saturated heterocycles. The van der Waals surface area contributed by atoms with Gasteiger partial charge in [-0.3, -0.25) is 4.79 Å². The van der Waals surface area contributed by atoms with E-state index in [2.05, 4.69) is 20.0 Å². The number of imidazole rings is 1. The molecule has 0 unspecified atom stereocenters. The number of nitrogens with zero attached hydrogens (tertiary/aromatic N) is 1. The first-order valence-corrected chi connectivity index (χ1v) is 8.96. The molecule has 1 aromatic heterocycles. The van der Waals surface area contributed by atoms with Crippen LogP contribution in [0.1, 0.15) is 12.0 Å². The Kier molecular flexibility index (Phi) is 4.50. The number of aromatic amines is 1. The Morgan fingerprint density at radius 3 is 2.92 bits per heavy atom. The number of benzene rings is 2. The molecule has 1 aliphatic rings. The molecule has 4 rings (SSSR count). The normalized spacial score (nSPS) is 17.0. The van der Waals surface area contributed by atoms with Crippen LogP contribution in [0.15, 0.2) is 47.6 Å². The number of ether oxygens (including phenoxy) is 1. The van der Waals surface area contributed by atoms with Crippen LogP contribution in [0.3, 0.4) is 0 Å². The van der Waals surface area contributed by atoms with Crippen LogP contribution in [0.5, 0.6) is 5.75 Å². The highest BCUT2D eigenvalue weighted by Crippen LogP contribution is 2.32. The first kappa shape index (κ1) is 16.8. The largest absolute Gasteiger partial charge is 0.435 e. The Hall–Kier alpha value is -2.61. The molecule has 1 aliphatic heterocycles. The van der Waals surface area contributed by atoms with E-state index in [9.17, 15) is 13.6 Å². The van der Waals surface area contributed by atoms with Gasteiger partial charge in [0.25, 0.3) is 0 Å². The second kappa shape index (κ2) is 6.95. The molecule has 0 bridgehead atoms. The highest BCUT2D eigenvalue weighted by Gasteiger charge is 2.25. The summed E-state index contributed by atoms with van der Waals surface area (Å²) in [6.07, 6.45) is 1.48. The zero-order valence-corrected chi connectivity index (χ0v) is 14.4. The molecule has 0 fully saturated rings. The van der Waals surface area contributed by atoms with E-state index in [1.54, 1.807) is 6.07 Å². The number of amides is 1. The van der Waals surface area contributed by atoms with E-state index >= 15 is 0 Å². The molecular weight excluding hydrogens is 360 g/mol. The summed E-state index contributed by atoms with van der Waals surface area (Å²) in [5.41, 5.74) is 3.18. The maximum absolute atomic E-state index is 12.5. The van der Waals surface area contributed by atoms with Crippen LogP contribution < -0.4 is 10.1 Å². The average Bonchev–Trinajstić information content (AvgIpc) is 2.93. The Balaban J connectivity index is 1.52. The molecule has 0 aliphatic carbocycles. The lowest BCUT2D eigenvalue weighted by Crippen LogP contribution is -2.23. The first-order chi connectivity index (χ1) is 12.6. The van der Waals surface area contributed by atoms with Crippen molar-refractivity contribution in [2.24, 2.45) is 0 Å². The summed E-state index contributed by atoms with van der Waals surface area (Å²) < 4.78 is 29.1. The molecule has 0 radical (unpaired) electrons. The number of carbonyl (C=O) groups is 1. The number of aromatic nitrogens is 2. The zero-order chi connectivity index (χ0) is 18.1. The van der Waals surface area contributed by atoms with E-state index in [-0.39, 0.29) is 16.9 Å². The molecule has 1 amide bonds. The topological polar surface area (TPSA) is 67.0 Å². The smallest absolute Gasteiger partial charge is 0.387 e. The van der Waals surface area contributed by atoms with Gasteiger partial charge >= 0.3 is 6.61 Å². The van der Waals surface area contributed by atoms with Gasteiger partial charge in [-0.05, 0) is 36.6 Å². The summed E-state index contributed by atoms with van der Waals surface area (Å²) in [5.74, 6) is -0.00233. The van der Waals surface area contributed by atoms with Crippen LogP contribution in [0.25, 0.3) is 11.0 Å². The second-order valence-corrected chi connectivity index (χ2v) is 7.08. The van der Waals surface area contributed by atoms with Gasteiger partial charge in [-0.15, -0.1) is 0 Å². The third-order valence-electron chi connectivity index (χ3n) is 4.15. The molecule has 2 N–H and O–H groups in total. The summed E-state index contributed by atoms with van der Waals surface area (Å²) in [7, 11) is 0. The van der Waals surface area contributed by atoms with Crippen LogP contribution in [0.4, 0.5) is 14.5 Å². The summed E-state index contributed by atoms with van der Waals surface area (Å²) >= 11 is 1.33. The van der Waals surface area contributed by atoms with Crippen molar-refractivity contribution in [3.05, 3.63) is 48.0 Å². The molecule has 26 heavy (non-hydrogen) atoms. The predicted molar refractivity (Wildman–Crippen MR) is 95.8 cm³/mol. The Bertz CT molecular complexity index is 961. The minimum Gasteiger partial charge on any atom is -0.435 e. The third-order valence-corrected chi connectivity index (χ3v) is 5.31. The van der Waals surface area contributed by atoms with E-state index in [1.807, 2.05) is 24.3 Å². The van der Waals surface area contributed by atoms with Crippen molar-refractivity contribution in [3.63, 3.8) is 0 Å². The van der Waals surface area contributed by atoms with E-state index in [4.69, 9.17) is 0 Å². The van der Waals surface area contributed by atoms with Gasteiger partial charge in [0.2, 0.25) is 5.91 Å². The van der Waals surface area contributed by atoms with Gasteiger partial charge in [-0.2, -0.15) is 8.78 Å². The quantitative estimate of drug-likeness (QED) is 0.717. The van der Waals surface area contributed by atoms with Gasteiger partial charge in [-0.25, -0.2) is 4.98 Å². The van der Waals surface area contributed by atoms with Crippen molar-refractivity contribution >= 4 is 34.4 Å². The Morgan fingerprint density at radius 2 is 2.08 bits per heavy atom. The van der Waals surface area contributed by atoms with Crippen molar-refractivity contribution in [1.82, 2.24) is 9.97 Å². The van der Waals surface area contributed by atoms with Gasteiger partial charge in [0, 0.05) is 11.8 Å².